The van der Waals surface area contributed by atoms with E-state index in [1.165, 1.54) is 22.4 Å². The van der Waals surface area contributed by atoms with Gasteiger partial charge in [-0.1, -0.05) is 32.8 Å². The zero-order valence-corrected chi connectivity index (χ0v) is 15.3. The normalized spacial score (nSPS) is 12.5. The number of hydrogen-bond donors (Lipinski definition) is 1. The van der Waals surface area contributed by atoms with Gasteiger partial charge in [0.2, 0.25) is 5.91 Å². The van der Waals surface area contributed by atoms with Crippen LogP contribution in [0.25, 0.3) is 10.8 Å². The van der Waals surface area contributed by atoms with Crippen LogP contribution in [-0.4, -0.2) is 21.7 Å². The van der Waals surface area contributed by atoms with E-state index in [9.17, 15) is 9.59 Å². The molecule has 0 bridgehead atoms. The Morgan fingerprint density at radius 2 is 2.17 bits per heavy atom. The Hall–Kier alpha value is -1.89. The molecule has 0 fully saturated rings. The van der Waals surface area contributed by atoms with Crippen molar-refractivity contribution in [2.75, 3.05) is 0 Å². The highest BCUT2D eigenvalue weighted by Gasteiger charge is 2.13. The first-order valence-corrected chi connectivity index (χ1v) is 9.25. The molecule has 0 spiro atoms. The summed E-state index contributed by atoms with van der Waals surface area (Å²) in [5, 5.41) is 9.00. The van der Waals surface area contributed by atoms with Crippen LogP contribution in [0.1, 0.15) is 46.5 Å². The van der Waals surface area contributed by atoms with Gasteiger partial charge in [-0.15, -0.1) is 16.4 Å². The third-order valence-corrected chi connectivity index (χ3v) is 4.57. The minimum Gasteiger partial charge on any atom is -0.387 e. The summed E-state index contributed by atoms with van der Waals surface area (Å²) in [6, 6.07) is 3.85. The van der Waals surface area contributed by atoms with Crippen LogP contribution >= 0.6 is 11.3 Å². The van der Waals surface area contributed by atoms with Crippen molar-refractivity contribution in [3.05, 3.63) is 28.1 Å². The highest BCUT2D eigenvalue weighted by atomic mass is 32.1. The Labute approximate surface area is 145 Å². The van der Waals surface area contributed by atoms with Crippen LogP contribution in [0.15, 0.2) is 26.7 Å². The summed E-state index contributed by atoms with van der Waals surface area (Å²) < 4.78 is 6.33. The van der Waals surface area contributed by atoms with Gasteiger partial charge in [0, 0.05) is 12.5 Å². The van der Waals surface area contributed by atoms with E-state index in [0.29, 0.717) is 11.8 Å². The van der Waals surface area contributed by atoms with Crippen molar-refractivity contribution in [2.24, 2.45) is 5.92 Å². The topological polar surface area (TPSA) is 77.1 Å². The molecular formula is C17H25N3O3S. The molecule has 132 valence electrons. The molecule has 24 heavy (non-hydrogen) atoms. The first-order chi connectivity index (χ1) is 11.5. The second-order valence-corrected chi connectivity index (χ2v) is 7.36. The first kappa shape index (κ1) is 18.4. The van der Waals surface area contributed by atoms with Crippen LogP contribution in [-0.2, 0) is 11.3 Å². The standard InChI is InChI=1S/C17H25N3O3S/c1-12(2)6-4-7-13(3)18-15(21)9-10-20-17(22)23-16(19-20)14-8-5-11-24-14/h5,8,11-13H,4,6-7,9-10H2,1-3H3,(H,18,21). The van der Waals surface area contributed by atoms with Gasteiger partial charge in [0.1, 0.15) is 0 Å². The molecule has 1 atom stereocenters. The zero-order valence-electron chi connectivity index (χ0n) is 14.4. The van der Waals surface area contributed by atoms with Crippen LogP contribution < -0.4 is 11.1 Å². The number of amides is 1. The molecular weight excluding hydrogens is 326 g/mol. The summed E-state index contributed by atoms with van der Waals surface area (Å²) in [5.74, 6) is 0.387. The molecule has 0 aliphatic carbocycles. The minimum absolute atomic E-state index is 0.0698. The van der Waals surface area contributed by atoms with Crippen molar-refractivity contribution in [2.45, 2.75) is 59.0 Å². The SMILES string of the molecule is CC(C)CCCC(C)NC(=O)CCn1nc(-c2cccs2)oc1=O. The van der Waals surface area contributed by atoms with Gasteiger partial charge >= 0.3 is 5.76 Å². The summed E-state index contributed by atoms with van der Waals surface area (Å²) in [5.41, 5.74) is 0. The van der Waals surface area contributed by atoms with Crippen LogP contribution in [0, 0.1) is 5.92 Å². The second-order valence-electron chi connectivity index (χ2n) is 6.42. The predicted octanol–water partition coefficient (Wildman–Crippen LogP) is 3.29. The monoisotopic (exact) mass is 351 g/mol. The van der Waals surface area contributed by atoms with Crippen LogP contribution in [0.3, 0.4) is 0 Å². The number of nitrogens with zero attached hydrogens (tertiary/aromatic N) is 2. The molecule has 0 aliphatic rings. The second kappa shape index (κ2) is 8.82. The van der Waals surface area contributed by atoms with Crippen molar-refractivity contribution < 1.29 is 9.21 Å². The van der Waals surface area contributed by atoms with Gasteiger partial charge in [-0.25, -0.2) is 4.79 Å². The Bertz CT molecular complexity index is 688. The van der Waals surface area contributed by atoms with Crippen LogP contribution in [0.4, 0.5) is 0 Å². The number of aromatic nitrogens is 2. The molecule has 6 nitrogen and oxygen atoms in total. The Kier molecular flexibility index (Phi) is 6.78. The number of nitrogens with one attached hydrogen (secondary N) is 1. The molecule has 2 rings (SSSR count). The maximum Gasteiger partial charge on any atom is 0.437 e. The fourth-order valence-electron chi connectivity index (χ4n) is 2.41. The van der Waals surface area contributed by atoms with E-state index in [-0.39, 0.29) is 24.9 Å². The van der Waals surface area contributed by atoms with E-state index in [1.54, 1.807) is 0 Å². The molecule has 0 aliphatic heterocycles. The summed E-state index contributed by atoms with van der Waals surface area (Å²) in [7, 11) is 0. The van der Waals surface area contributed by atoms with E-state index in [0.717, 1.165) is 17.7 Å². The lowest BCUT2D eigenvalue weighted by Gasteiger charge is -2.14. The zero-order chi connectivity index (χ0) is 17.5. The largest absolute Gasteiger partial charge is 0.437 e. The number of hydrogen-bond acceptors (Lipinski definition) is 5. The fourth-order valence-corrected chi connectivity index (χ4v) is 3.05. The third-order valence-electron chi connectivity index (χ3n) is 3.71. The van der Waals surface area contributed by atoms with Gasteiger partial charge in [-0.05, 0) is 30.7 Å². The summed E-state index contributed by atoms with van der Waals surface area (Å²) in [4.78, 5) is 24.6. The molecule has 2 aromatic rings. The van der Waals surface area contributed by atoms with E-state index in [4.69, 9.17) is 4.42 Å². The summed E-state index contributed by atoms with van der Waals surface area (Å²) in [6.45, 7) is 6.63. The number of rotatable bonds is 9. The van der Waals surface area contributed by atoms with Crippen molar-refractivity contribution in [3.63, 3.8) is 0 Å². The number of carbonyl (C=O) groups excluding carboxylic acids is 1. The average Bonchev–Trinajstić information content (AvgIpc) is 3.14. The minimum atomic E-state index is -0.531. The average molecular weight is 351 g/mol. The molecule has 0 saturated carbocycles. The molecule has 1 amide bonds. The highest BCUT2D eigenvalue weighted by Crippen LogP contribution is 2.21. The van der Waals surface area contributed by atoms with E-state index < -0.39 is 5.76 Å². The molecule has 0 aromatic carbocycles. The third kappa shape index (κ3) is 5.63. The predicted molar refractivity (Wildman–Crippen MR) is 95.0 cm³/mol. The van der Waals surface area contributed by atoms with E-state index in [2.05, 4.69) is 24.3 Å². The van der Waals surface area contributed by atoms with Gasteiger partial charge < -0.3 is 9.73 Å². The van der Waals surface area contributed by atoms with Gasteiger partial charge in [0.25, 0.3) is 5.89 Å². The van der Waals surface area contributed by atoms with Crippen molar-refractivity contribution in [1.29, 1.82) is 0 Å². The van der Waals surface area contributed by atoms with Crippen LogP contribution in [0.2, 0.25) is 0 Å². The first-order valence-electron chi connectivity index (χ1n) is 8.37. The van der Waals surface area contributed by atoms with E-state index in [1.807, 2.05) is 24.4 Å². The molecule has 7 heteroatoms. The van der Waals surface area contributed by atoms with Crippen LogP contribution in [0.5, 0.6) is 0 Å². The molecule has 0 radical (unpaired) electrons. The lowest BCUT2D eigenvalue weighted by atomic mass is 10.0. The lowest BCUT2D eigenvalue weighted by molar-refractivity contribution is -0.122. The smallest absolute Gasteiger partial charge is 0.387 e. The van der Waals surface area contributed by atoms with Crippen molar-refractivity contribution >= 4 is 17.2 Å². The van der Waals surface area contributed by atoms with E-state index >= 15 is 0 Å². The fraction of sp³-hybridized carbons (Fsp3) is 0.588. The van der Waals surface area contributed by atoms with Gasteiger partial charge in [-0.3, -0.25) is 4.79 Å². The number of carbonyl (C=O) groups is 1. The van der Waals surface area contributed by atoms with Crippen molar-refractivity contribution in [1.82, 2.24) is 15.1 Å². The molecule has 1 unspecified atom stereocenters. The molecule has 2 aromatic heterocycles. The number of thiophene rings is 1. The molecule has 1 N–H and O–H groups in total. The maximum atomic E-state index is 12.0. The van der Waals surface area contributed by atoms with Gasteiger partial charge in [0.15, 0.2) is 0 Å². The quantitative estimate of drug-likeness (QED) is 0.752. The molecule has 2 heterocycles. The number of aryl methyl sites for hydroxylation is 1. The van der Waals surface area contributed by atoms with Gasteiger partial charge in [-0.2, -0.15) is 4.68 Å². The summed E-state index contributed by atoms with van der Waals surface area (Å²) in [6.07, 6.45) is 3.45. The van der Waals surface area contributed by atoms with Crippen molar-refractivity contribution in [3.8, 4) is 10.8 Å². The Balaban J connectivity index is 1.79. The Morgan fingerprint density at radius 1 is 1.38 bits per heavy atom. The Morgan fingerprint density at radius 3 is 2.83 bits per heavy atom. The summed E-state index contributed by atoms with van der Waals surface area (Å²) >= 11 is 1.45. The molecule has 0 saturated heterocycles. The van der Waals surface area contributed by atoms with Gasteiger partial charge in [0.05, 0.1) is 11.4 Å². The maximum absolute atomic E-state index is 12.0. The lowest BCUT2D eigenvalue weighted by Crippen LogP contribution is -2.33. The highest BCUT2D eigenvalue weighted by molar-refractivity contribution is 7.13.